The molecule has 3 heterocycles. The molecule has 38 heavy (non-hydrogen) atoms. The maximum atomic E-state index is 11.7. The van der Waals surface area contributed by atoms with Gasteiger partial charge in [-0.15, -0.1) is 0 Å². The lowest BCUT2D eigenvalue weighted by Gasteiger charge is -2.49. The molecule has 0 unspecified atom stereocenters. The number of carbonyl (C=O) groups is 1. The van der Waals surface area contributed by atoms with Crippen LogP contribution in [0, 0.1) is 0 Å². The third-order valence-electron chi connectivity index (χ3n) is 6.74. The number of hydrogen-bond acceptors (Lipinski definition) is 16. The Balaban J connectivity index is 1.81. The largest absolute Gasteiger partial charge is 0.394 e. The van der Waals surface area contributed by atoms with Gasteiger partial charge in [0.05, 0.1) is 19.8 Å². The summed E-state index contributed by atoms with van der Waals surface area (Å²) in [7, 11) is 1.19. The van der Waals surface area contributed by atoms with Gasteiger partial charge in [-0.1, -0.05) is 0 Å². The predicted octanol–water partition coefficient (Wildman–Crippen LogP) is -6.78. The van der Waals surface area contributed by atoms with Gasteiger partial charge < -0.3 is 79.7 Å². The van der Waals surface area contributed by atoms with Crippen molar-refractivity contribution in [2.24, 2.45) is 0 Å². The maximum absolute atomic E-state index is 11.7. The number of methoxy groups -OCH3 is 1. The first-order valence-electron chi connectivity index (χ1n) is 12.0. The summed E-state index contributed by atoms with van der Waals surface area (Å²) in [6.45, 7) is -1.03. The van der Waals surface area contributed by atoms with Crippen LogP contribution in [-0.2, 0) is 33.2 Å². The summed E-state index contributed by atoms with van der Waals surface area (Å²) in [5.41, 5.74) is 0. The molecule has 0 aromatic rings. The van der Waals surface area contributed by atoms with Gasteiger partial charge in [-0.2, -0.15) is 0 Å². The zero-order valence-corrected chi connectivity index (χ0v) is 20.7. The Kier molecular flexibility index (Phi) is 11.1. The average molecular weight is 560 g/mol. The standard InChI is InChI=1S/C21H37NO16/c1-6(26)22-10-12(28)11(27)7(3-23)35-20(10)38-17-9(5-25)36-21(15(31)18(17)33-2)37-16-8(4-24)34-19(32)14(30)13(16)29/h7-21,23-25,27-32H,3-5H2,1-2H3,(H,22,26)/t7-,8-,9-,10-,11+,12-,13-,14-,15-,16-,17+,18-,19-,20+,21+/m1/s1. The molecule has 3 fully saturated rings. The molecule has 3 aliphatic rings. The van der Waals surface area contributed by atoms with Crippen LogP contribution in [0.25, 0.3) is 0 Å². The van der Waals surface area contributed by atoms with E-state index in [1.165, 1.54) is 7.11 Å². The van der Waals surface area contributed by atoms with Crippen LogP contribution in [0.1, 0.15) is 6.92 Å². The van der Waals surface area contributed by atoms with E-state index < -0.39 is 118 Å². The molecule has 0 saturated carbocycles. The second-order valence-corrected chi connectivity index (χ2v) is 9.28. The van der Waals surface area contributed by atoms with Crippen LogP contribution < -0.4 is 5.32 Å². The molecule has 0 bridgehead atoms. The quantitative estimate of drug-likeness (QED) is 0.126. The van der Waals surface area contributed by atoms with Crippen LogP contribution in [-0.4, -0.2) is 171 Å². The molecule has 0 aromatic carbocycles. The first-order chi connectivity index (χ1) is 18.0. The SMILES string of the molecule is CO[C@@H]1[C@@H](O)[C@H](O[C@H]2[C@H](O)[C@@H](O)[C@H](O)O[C@@H]2CO)O[C@H](CO)[C@@H]1O[C@@H]1O[C@H](CO)[C@H](O)[C@H](O)[C@H]1NC(C)=O. The fourth-order valence-electron chi connectivity index (χ4n) is 4.72. The van der Waals surface area contributed by atoms with E-state index in [0.717, 1.165) is 6.92 Å². The van der Waals surface area contributed by atoms with Crippen LogP contribution in [0.15, 0.2) is 0 Å². The van der Waals surface area contributed by atoms with Crippen molar-refractivity contribution in [3.8, 4) is 0 Å². The van der Waals surface area contributed by atoms with Gasteiger partial charge in [0.15, 0.2) is 18.9 Å². The van der Waals surface area contributed by atoms with E-state index in [2.05, 4.69) is 5.32 Å². The van der Waals surface area contributed by atoms with Crippen molar-refractivity contribution in [2.45, 2.75) is 99.0 Å². The minimum Gasteiger partial charge on any atom is -0.394 e. The molecule has 15 atom stereocenters. The summed E-state index contributed by atoms with van der Waals surface area (Å²) in [4.78, 5) is 11.7. The number of ether oxygens (including phenoxy) is 6. The Morgan fingerprint density at radius 2 is 1.24 bits per heavy atom. The van der Waals surface area contributed by atoms with Crippen molar-refractivity contribution in [1.82, 2.24) is 5.32 Å². The van der Waals surface area contributed by atoms with Gasteiger partial charge in [0.1, 0.15) is 73.2 Å². The highest BCUT2D eigenvalue weighted by atomic mass is 16.8. The lowest BCUT2D eigenvalue weighted by atomic mass is 9.95. The van der Waals surface area contributed by atoms with Gasteiger partial charge in [-0.25, -0.2) is 0 Å². The van der Waals surface area contributed by atoms with Gasteiger partial charge in [0.2, 0.25) is 5.91 Å². The number of aliphatic hydroxyl groups excluding tert-OH is 9. The summed E-state index contributed by atoms with van der Waals surface area (Å²) in [6, 6.07) is -1.33. The topological polar surface area (TPSA) is 267 Å². The number of carbonyl (C=O) groups excluding carboxylic acids is 1. The van der Waals surface area contributed by atoms with Crippen molar-refractivity contribution in [3.63, 3.8) is 0 Å². The molecule has 0 spiro atoms. The maximum Gasteiger partial charge on any atom is 0.217 e. The van der Waals surface area contributed by atoms with E-state index in [1.54, 1.807) is 0 Å². The van der Waals surface area contributed by atoms with E-state index in [1.807, 2.05) is 0 Å². The molecule has 10 N–H and O–H groups in total. The molecular formula is C21H37NO16. The first kappa shape index (κ1) is 31.4. The molecule has 1 amide bonds. The van der Waals surface area contributed by atoms with Crippen LogP contribution in [0.3, 0.4) is 0 Å². The fraction of sp³-hybridized carbons (Fsp3) is 0.952. The van der Waals surface area contributed by atoms with E-state index in [0.29, 0.717) is 0 Å². The van der Waals surface area contributed by atoms with Crippen molar-refractivity contribution >= 4 is 5.91 Å². The number of rotatable bonds is 9. The summed E-state index contributed by atoms with van der Waals surface area (Å²) in [5.74, 6) is -0.602. The Morgan fingerprint density at radius 3 is 1.79 bits per heavy atom. The number of aliphatic hydroxyl groups is 9. The van der Waals surface area contributed by atoms with E-state index in [-0.39, 0.29) is 0 Å². The second-order valence-electron chi connectivity index (χ2n) is 9.28. The van der Waals surface area contributed by atoms with Crippen LogP contribution in [0.4, 0.5) is 0 Å². The van der Waals surface area contributed by atoms with E-state index in [4.69, 9.17) is 28.4 Å². The summed E-state index contributed by atoms with van der Waals surface area (Å²) in [5, 5.41) is 93.2. The van der Waals surface area contributed by atoms with Gasteiger partial charge in [0.25, 0.3) is 0 Å². The third-order valence-corrected chi connectivity index (χ3v) is 6.74. The molecule has 0 aliphatic carbocycles. The molecule has 17 heteroatoms. The monoisotopic (exact) mass is 559 g/mol. The minimum absolute atomic E-state index is 0.602. The number of hydrogen-bond donors (Lipinski definition) is 10. The Bertz CT molecular complexity index is 761. The van der Waals surface area contributed by atoms with Crippen LogP contribution in [0.5, 0.6) is 0 Å². The molecular weight excluding hydrogens is 522 g/mol. The van der Waals surface area contributed by atoms with E-state index in [9.17, 15) is 50.8 Å². The summed E-state index contributed by atoms with van der Waals surface area (Å²) < 4.78 is 33.0. The molecule has 3 aliphatic heterocycles. The molecule has 0 aromatic heterocycles. The molecule has 0 radical (unpaired) electrons. The first-order valence-corrected chi connectivity index (χ1v) is 12.0. The predicted molar refractivity (Wildman–Crippen MR) is 118 cm³/mol. The van der Waals surface area contributed by atoms with Crippen molar-refractivity contribution in [3.05, 3.63) is 0 Å². The Hall–Kier alpha value is -1.13. The summed E-state index contributed by atoms with van der Waals surface area (Å²) >= 11 is 0. The van der Waals surface area contributed by atoms with Crippen LogP contribution in [0.2, 0.25) is 0 Å². The normalized spacial score (nSPS) is 48.0. The lowest BCUT2D eigenvalue weighted by molar-refractivity contribution is -0.373. The van der Waals surface area contributed by atoms with Gasteiger partial charge >= 0.3 is 0 Å². The fourth-order valence-corrected chi connectivity index (χ4v) is 4.72. The molecule has 3 saturated heterocycles. The molecule has 222 valence electrons. The van der Waals surface area contributed by atoms with Gasteiger partial charge in [0, 0.05) is 14.0 Å². The Morgan fingerprint density at radius 1 is 0.684 bits per heavy atom. The Labute approximate surface area is 217 Å². The molecule has 3 rings (SSSR count). The van der Waals surface area contributed by atoms with Crippen molar-refractivity contribution in [1.29, 1.82) is 0 Å². The van der Waals surface area contributed by atoms with Crippen LogP contribution >= 0.6 is 0 Å². The number of amides is 1. The minimum atomic E-state index is -1.81. The third kappa shape index (κ3) is 6.43. The number of nitrogens with one attached hydrogen (secondary N) is 1. The van der Waals surface area contributed by atoms with Gasteiger partial charge in [-0.05, 0) is 0 Å². The zero-order valence-electron chi connectivity index (χ0n) is 20.7. The highest BCUT2D eigenvalue weighted by Gasteiger charge is 2.54. The smallest absolute Gasteiger partial charge is 0.217 e. The summed E-state index contributed by atoms with van der Waals surface area (Å²) in [6.07, 6.45) is -21.5. The zero-order chi connectivity index (χ0) is 28.3. The molecule has 17 nitrogen and oxygen atoms in total. The van der Waals surface area contributed by atoms with Crippen molar-refractivity contribution < 1.29 is 79.2 Å². The lowest BCUT2D eigenvalue weighted by Crippen LogP contribution is -2.68. The highest BCUT2D eigenvalue weighted by Crippen LogP contribution is 2.33. The van der Waals surface area contributed by atoms with Crippen molar-refractivity contribution in [2.75, 3.05) is 26.9 Å². The average Bonchev–Trinajstić information content (AvgIpc) is 2.89. The highest BCUT2D eigenvalue weighted by molar-refractivity contribution is 5.73. The second kappa shape index (κ2) is 13.5. The van der Waals surface area contributed by atoms with E-state index >= 15 is 0 Å². The van der Waals surface area contributed by atoms with Gasteiger partial charge in [-0.3, -0.25) is 4.79 Å².